The van der Waals surface area contributed by atoms with Gasteiger partial charge in [0.1, 0.15) is 12.2 Å². The molecule has 5 nitrogen and oxygen atoms in total. The van der Waals surface area contributed by atoms with Gasteiger partial charge in [-0.2, -0.15) is 0 Å². The van der Waals surface area contributed by atoms with E-state index in [0.29, 0.717) is 0 Å². The average molecular weight is 278 g/mol. The SMILES string of the molecule is CC(C)(OC(=O)/C=C\C(=O)OCCO)c1ccccc1. The molecule has 0 aliphatic heterocycles. The molecule has 1 aromatic rings. The molecule has 0 saturated heterocycles. The lowest BCUT2D eigenvalue weighted by Crippen LogP contribution is -2.24. The Bertz CT molecular complexity index is 476. The summed E-state index contributed by atoms with van der Waals surface area (Å²) >= 11 is 0. The molecule has 0 bridgehead atoms. The van der Waals surface area contributed by atoms with E-state index < -0.39 is 17.5 Å². The molecule has 1 aromatic carbocycles. The molecule has 108 valence electrons. The number of aliphatic hydroxyl groups excluding tert-OH is 1. The fourth-order valence-electron chi connectivity index (χ4n) is 1.51. The maximum absolute atomic E-state index is 11.6. The van der Waals surface area contributed by atoms with Crippen LogP contribution in [0.25, 0.3) is 0 Å². The zero-order valence-corrected chi connectivity index (χ0v) is 11.5. The molecule has 1 N–H and O–H groups in total. The predicted octanol–water partition coefficient (Wildman–Crippen LogP) is 1.56. The number of carbonyl (C=O) groups excluding carboxylic acids is 2. The molecule has 0 aliphatic carbocycles. The summed E-state index contributed by atoms with van der Waals surface area (Å²) in [7, 11) is 0. The van der Waals surface area contributed by atoms with E-state index in [9.17, 15) is 9.59 Å². The Morgan fingerprint density at radius 2 is 1.75 bits per heavy atom. The van der Waals surface area contributed by atoms with Crippen LogP contribution in [0.3, 0.4) is 0 Å². The minimum atomic E-state index is -0.794. The van der Waals surface area contributed by atoms with Crippen LogP contribution in [0.2, 0.25) is 0 Å². The van der Waals surface area contributed by atoms with Crippen LogP contribution in [0, 0.1) is 0 Å². The summed E-state index contributed by atoms with van der Waals surface area (Å²) in [6.45, 7) is 3.16. The number of carbonyl (C=O) groups is 2. The van der Waals surface area contributed by atoms with Crippen LogP contribution in [0.5, 0.6) is 0 Å². The number of ether oxygens (including phenoxy) is 2. The lowest BCUT2D eigenvalue weighted by molar-refractivity contribution is -0.151. The van der Waals surface area contributed by atoms with Gasteiger partial charge < -0.3 is 14.6 Å². The first-order valence-electron chi connectivity index (χ1n) is 6.20. The highest BCUT2D eigenvalue weighted by Crippen LogP contribution is 2.24. The fraction of sp³-hybridized carbons (Fsp3) is 0.333. The molecule has 0 fully saturated rings. The number of hydrogen-bond acceptors (Lipinski definition) is 5. The molecule has 5 heteroatoms. The minimum absolute atomic E-state index is 0.103. The zero-order valence-electron chi connectivity index (χ0n) is 11.5. The summed E-state index contributed by atoms with van der Waals surface area (Å²) in [5.74, 6) is -1.34. The van der Waals surface area contributed by atoms with Gasteiger partial charge in [-0.15, -0.1) is 0 Å². The van der Waals surface area contributed by atoms with Crippen molar-refractivity contribution < 1.29 is 24.2 Å². The van der Waals surface area contributed by atoms with Gasteiger partial charge >= 0.3 is 11.9 Å². The number of hydrogen-bond donors (Lipinski definition) is 1. The summed E-state index contributed by atoms with van der Waals surface area (Å²) in [6, 6.07) is 9.29. The molecule has 0 atom stereocenters. The average Bonchev–Trinajstić information content (AvgIpc) is 2.43. The summed E-state index contributed by atoms with van der Waals surface area (Å²) < 4.78 is 9.87. The summed E-state index contributed by atoms with van der Waals surface area (Å²) in [6.07, 6.45) is 1.98. The highest BCUT2D eigenvalue weighted by molar-refractivity contribution is 5.91. The first kappa shape index (κ1) is 15.9. The molecule has 0 amide bonds. The minimum Gasteiger partial charge on any atom is -0.460 e. The van der Waals surface area contributed by atoms with Crippen molar-refractivity contribution in [2.45, 2.75) is 19.4 Å². The Kier molecular flexibility index (Phi) is 5.93. The van der Waals surface area contributed by atoms with E-state index in [2.05, 4.69) is 4.74 Å². The van der Waals surface area contributed by atoms with Gasteiger partial charge in [0.05, 0.1) is 6.61 Å². The van der Waals surface area contributed by atoms with Gasteiger partial charge in [-0.3, -0.25) is 0 Å². The maximum atomic E-state index is 11.6. The second-order valence-electron chi connectivity index (χ2n) is 4.52. The van der Waals surface area contributed by atoms with Gasteiger partial charge in [-0.25, -0.2) is 9.59 Å². The normalized spacial score (nSPS) is 11.3. The van der Waals surface area contributed by atoms with E-state index in [0.717, 1.165) is 17.7 Å². The monoisotopic (exact) mass is 278 g/mol. The van der Waals surface area contributed by atoms with Gasteiger partial charge in [0.25, 0.3) is 0 Å². The van der Waals surface area contributed by atoms with Crippen LogP contribution < -0.4 is 0 Å². The third kappa shape index (κ3) is 5.24. The van der Waals surface area contributed by atoms with Crippen LogP contribution in [0.4, 0.5) is 0 Å². The molecular formula is C15H18O5. The van der Waals surface area contributed by atoms with Crippen molar-refractivity contribution in [3.8, 4) is 0 Å². The Hall–Kier alpha value is -2.14. The number of aliphatic hydroxyl groups is 1. The van der Waals surface area contributed by atoms with Crippen LogP contribution in [0.15, 0.2) is 42.5 Å². The largest absolute Gasteiger partial charge is 0.460 e. The second-order valence-corrected chi connectivity index (χ2v) is 4.52. The van der Waals surface area contributed by atoms with Crippen LogP contribution >= 0.6 is 0 Å². The Balaban J connectivity index is 2.57. The summed E-state index contributed by atoms with van der Waals surface area (Å²) in [4.78, 5) is 22.8. The zero-order chi connectivity index (χ0) is 15.0. The van der Waals surface area contributed by atoms with Crippen molar-refractivity contribution in [3.63, 3.8) is 0 Å². The number of benzene rings is 1. The predicted molar refractivity (Wildman–Crippen MR) is 72.7 cm³/mol. The van der Waals surface area contributed by atoms with Crippen molar-refractivity contribution in [1.82, 2.24) is 0 Å². The van der Waals surface area contributed by atoms with Gasteiger partial charge in [0, 0.05) is 12.2 Å². The lowest BCUT2D eigenvalue weighted by atomic mass is 9.98. The number of esters is 2. The van der Waals surface area contributed by atoms with Crippen molar-refractivity contribution in [2.75, 3.05) is 13.2 Å². The lowest BCUT2D eigenvalue weighted by Gasteiger charge is -2.24. The van der Waals surface area contributed by atoms with E-state index in [-0.39, 0.29) is 13.2 Å². The smallest absolute Gasteiger partial charge is 0.331 e. The van der Waals surface area contributed by atoms with E-state index in [1.165, 1.54) is 0 Å². The Morgan fingerprint density at radius 3 is 2.35 bits per heavy atom. The molecule has 1 rings (SSSR count). The molecule has 0 unspecified atom stereocenters. The van der Waals surface area contributed by atoms with Gasteiger partial charge in [-0.05, 0) is 19.4 Å². The highest BCUT2D eigenvalue weighted by atomic mass is 16.6. The second kappa shape index (κ2) is 7.45. The third-order valence-corrected chi connectivity index (χ3v) is 2.52. The Labute approximate surface area is 117 Å². The van der Waals surface area contributed by atoms with Crippen LogP contribution in [-0.4, -0.2) is 30.3 Å². The molecule has 0 aliphatic rings. The topological polar surface area (TPSA) is 72.8 Å². The van der Waals surface area contributed by atoms with Gasteiger partial charge in [0.15, 0.2) is 0 Å². The standard InChI is InChI=1S/C15H18O5/c1-15(2,12-6-4-3-5-7-12)20-14(18)9-8-13(17)19-11-10-16/h3-9,16H,10-11H2,1-2H3/b9-8-. The van der Waals surface area contributed by atoms with E-state index in [1.54, 1.807) is 13.8 Å². The Morgan fingerprint density at radius 1 is 1.15 bits per heavy atom. The van der Waals surface area contributed by atoms with E-state index in [4.69, 9.17) is 9.84 Å². The first-order chi connectivity index (χ1) is 9.45. The fourth-order valence-corrected chi connectivity index (χ4v) is 1.51. The van der Waals surface area contributed by atoms with Crippen LogP contribution in [-0.2, 0) is 24.7 Å². The van der Waals surface area contributed by atoms with E-state index >= 15 is 0 Å². The maximum Gasteiger partial charge on any atom is 0.331 e. The van der Waals surface area contributed by atoms with Crippen molar-refractivity contribution in [3.05, 3.63) is 48.0 Å². The third-order valence-electron chi connectivity index (χ3n) is 2.52. The number of rotatable bonds is 6. The molecule has 0 aromatic heterocycles. The molecule has 20 heavy (non-hydrogen) atoms. The molecular weight excluding hydrogens is 260 g/mol. The van der Waals surface area contributed by atoms with Crippen molar-refractivity contribution in [1.29, 1.82) is 0 Å². The van der Waals surface area contributed by atoms with Crippen molar-refractivity contribution >= 4 is 11.9 Å². The first-order valence-corrected chi connectivity index (χ1v) is 6.20. The molecule has 0 saturated carbocycles. The summed E-state index contributed by atoms with van der Waals surface area (Å²) in [5, 5.41) is 8.48. The summed E-state index contributed by atoms with van der Waals surface area (Å²) in [5.41, 5.74) is 0.0575. The molecule has 0 heterocycles. The molecule has 0 radical (unpaired) electrons. The quantitative estimate of drug-likeness (QED) is 0.631. The van der Waals surface area contributed by atoms with E-state index in [1.807, 2.05) is 30.3 Å². The highest BCUT2D eigenvalue weighted by Gasteiger charge is 2.24. The van der Waals surface area contributed by atoms with Gasteiger partial charge in [-0.1, -0.05) is 30.3 Å². The van der Waals surface area contributed by atoms with Crippen LogP contribution in [0.1, 0.15) is 19.4 Å². The molecule has 0 spiro atoms. The van der Waals surface area contributed by atoms with Gasteiger partial charge in [0.2, 0.25) is 0 Å². The van der Waals surface area contributed by atoms with Crippen molar-refractivity contribution in [2.24, 2.45) is 0 Å².